The summed E-state index contributed by atoms with van der Waals surface area (Å²) in [7, 11) is 1.76. The maximum Gasteiger partial charge on any atom is 0.246 e. The first-order chi connectivity index (χ1) is 9.51. The summed E-state index contributed by atoms with van der Waals surface area (Å²) in [6.07, 6.45) is 2.98. The number of fused-ring (bicyclic) bond motifs is 1. The molecule has 0 radical (unpaired) electrons. The molecule has 2 amide bonds. The maximum atomic E-state index is 12.6. The van der Waals surface area contributed by atoms with Crippen molar-refractivity contribution in [1.82, 2.24) is 9.80 Å². The van der Waals surface area contributed by atoms with E-state index >= 15 is 0 Å². The monoisotopic (exact) mass is 294 g/mol. The number of carbonyl (C=O) groups is 2. The first-order valence-corrected chi connectivity index (χ1v) is 7.73. The smallest absolute Gasteiger partial charge is 0.246 e. The summed E-state index contributed by atoms with van der Waals surface area (Å²) in [6, 6.07) is 3.32. The molecule has 108 valence electrons. The van der Waals surface area contributed by atoms with E-state index < -0.39 is 0 Å². The Bertz CT molecular complexity index is 531. The third-order valence-electron chi connectivity index (χ3n) is 4.08. The lowest BCUT2D eigenvalue weighted by Crippen LogP contribution is -2.50. The van der Waals surface area contributed by atoms with E-state index in [0.29, 0.717) is 18.7 Å². The van der Waals surface area contributed by atoms with E-state index in [1.165, 1.54) is 0 Å². The zero-order chi connectivity index (χ0) is 14.3. The van der Waals surface area contributed by atoms with Crippen molar-refractivity contribution in [2.45, 2.75) is 37.2 Å². The zero-order valence-corrected chi connectivity index (χ0v) is 12.5. The Balaban J connectivity index is 1.72. The topological polar surface area (TPSA) is 53.8 Å². The molecule has 1 aromatic rings. The lowest BCUT2D eigenvalue weighted by atomic mass is 10.2. The highest BCUT2D eigenvalue weighted by atomic mass is 32.2. The number of furan rings is 1. The lowest BCUT2D eigenvalue weighted by Gasteiger charge is -2.31. The van der Waals surface area contributed by atoms with Crippen LogP contribution < -0.4 is 0 Å². The number of hydrogen-bond acceptors (Lipinski definition) is 4. The summed E-state index contributed by atoms with van der Waals surface area (Å²) >= 11 is 1.71. The van der Waals surface area contributed by atoms with Gasteiger partial charge in [-0.2, -0.15) is 0 Å². The van der Waals surface area contributed by atoms with Crippen molar-refractivity contribution in [3.05, 3.63) is 24.2 Å². The maximum absolute atomic E-state index is 12.6. The summed E-state index contributed by atoms with van der Waals surface area (Å²) in [5.74, 6) is 1.53. The number of amides is 2. The average Bonchev–Trinajstić information content (AvgIpc) is 3.08. The molecule has 0 saturated carbocycles. The molecule has 2 atom stereocenters. The van der Waals surface area contributed by atoms with E-state index in [0.717, 1.165) is 12.2 Å². The Morgan fingerprint density at radius 2 is 2.45 bits per heavy atom. The van der Waals surface area contributed by atoms with Crippen LogP contribution >= 0.6 is 11.8 Å². The number of thioether (sulfide) groups is 1. The molecule has 0 aliphatic carbocycles. The molecular formula is C14H18N2O3S. The Hall–Kier alpha value is -1.43. The predicted molar refractivity (Wildman–Crippen MR) is 75.9 cm³/mol. The van der Waals surface area contributed by atoms with Crippen LogP contribution in [0.2, 0.25) is 0 Å². The number of hydrogen-bond donors (Lipinski definition) is 0. The van der Waals surface area contributed by atoms with Crippen LogP contribution in [0.4, 0.5) is 0 Å². The van der Waals surface area contributed by atoms with Crippen LogP contribution in [-0.2, 0) is 16.1 Å². The van der Waals surface area contributed by atoms with Gasteiger partial charge in [0.25, 0.3) is 0 Å². The van der Waals surface area contributed by atoms with Gasteiger partial charge in [-0.3, -0.25) is 9.59 Å². The highest BCUT2D eigenvalue weighted by molar-refractivity contribution is 8.01. The Morgan fingerprint density at radius 3 is 3.15 bits per heavy atom. The molecule has 0 spiro atoms. The SMILES string of the molecule is CN(Cc1ccco1)C(=O)C1CSC2(C)CCC(=O)N12. The molecular weight excluding hydrogens is 276 g/mol. The van der Waals surface area contributed by atoms with Gasteiger partial charge in [-0.15, -0.1) is 11.8 Å². The minimum atomic E-state index is -0.333. The molecule has 2 saturated heterocycles. The van der Waals surface area contributed by atoms with Crippen LogP contribution in [0.15, 0.2) is 22.8 Å². The van der Waals surface area contributed by atoms with Gasteiger partial charge in [0.2, 0.25) is 11.8 Å². The molecule has 20 heavy (non-hydrogen) atoms. The van der Waals surface area contributed by atoms with Crippen molar-refractivity contribution in [3.8, 4) is 0 Å². The Labute approximate surface area is 122 Å². The van der Waals surface area contributed by atoms with E-state index in [1.807, 2.05) is 6.07 Å². The van der Waals surface area contributed by atoms with Crippen molar-refractivity contribution in [2.24, 2.45) is 0 Å². The van der Waals surface area contributed by atoms with Crippen molar-refractivity contribution in [1.29, 1.82) is 0 Å². The minimum Gasteiger partial charge on any atom is -0.467 e. The van der Waals surface area contributed by atoms with Gasteiger partial charge in [0.15, 0.2) is 0 Å². The van der Waals surface area contributed by atoms with Gasteiger partial charge >= 0.3 is 0 Å². The van der Waals surface area contributed by atoms with Gasteiger partial charge in [-0.25, -0.2) is 0 Å². The Kier molecular flexibility index (Phi) is 3.28. The molecule has 1 aromatic heterocycles. The highest BCUT2D eigenvalue weighted by Crippen LogP contribution is 2.47. The molecule has 6 heteroatoms. The first-order valence-electron chi connectivity index (χ1n) is 6.75. The first kappa shape index (κ1) is 13.5. The van der Waals surface area contributed by atoms with Crippen LogP contribution in [0.25, 0.3) is 0 Å². The summed E-state index contributed by atoms with van der Waals surface area (Å²) < 4.78 is 5.26. The highest BCUT2D eigenvalue weighted by Gasteiger charge is 2.53. The molecule has 0 N–H and O–H groups in total. The Morgan fingerprint density at radius 1 is 1.65 bits per heavy atom. The molecule has 3 heterocycles. The van der Waals surface area contributed by atoms with E-state index in [-0.39, 0.29) is 22.7 Å². The molecule has 2 aliphatic heterocycles. The summed E-state index contributed by atoms with van der Waals surface area (Å²) in [6.45, 7) is 2.49. The quantitative estimate of drug-likeness (QED) is 0.851. The third-order valence-corrected chi connectivity index (χ3v) is 5.58. The molecule has 2 aliphatic rings. The molecule has 2 unspecified atom stereocenters. The average molecular weight is 294 g/mol. The van der Waals surface area contributed by atoms with Crippen LogP contribution in [0, 0.1) is 0 Å². The van der Waals surface area contributed by atoms with E-state index in [1.54, 1.807) is 40.9 Å². The number of carbonyl (C=O) groups excluding carboxylic acids is 2. The van der Waals surface area contributed by atoms with Crippen molar-refractivity contribution >= 4 is 23.6 Å². The van der Waals surface area contributed by atoms with Crippen LogP contribution in [0.5, 0.6) is 0 Å². The minimum absolute atomic E-state index is 0.00660. The van der Waals surface area contributed by atoms with Gasteiger partial charge in [0.05, 0.1) is 17.7 Å². The second-order valence-electron chi connectivity index (χ2n) is 5.54. The van der Waals surface area contributed by atoms with E-state index in [2.05, 4.69) is 6.92 Å². The number of rotatable bonds is 3. The number of likely N-dealkylation sites (N-methyl/N-ethyl adjacent to an activating group) is 1. The van der Waals surface area contributed by atoms with Crippen LogP contribution in [0.1, 0.15) is 25.5 Å². The van der Waals surface area contributed by atoms with Crippen molar-refractivity contribution in [2.75, 3.05) is 12.8 Å². The lowest BCUT2D eigenvalue weighted by molar-refractivity contribution is -0.143. The largest absolute Gasteiger partial charge is 0.467 e. The molecule has 3 rings (SSSR count). The second kappa shape index (κ2) is 4.84. The summed E-state index contributed by atoms with van der Waals surface area (Å²) in [5.41, 5.74) is 0. The van der Waals surface area contributed by atoms with Gasteiger partial charge in [-0.1, -0.05) is 0 Å². The molecule has 0 aromatic carbocycles. The fourth-order valence-electron chi connectivity index (χ4n) is 2.97. The third kappa shape index (κ3) is 2.12. The second-order valence-corrected chi connectivity index (χ2v) is 7.04. The number of nitrogens with zero attached hydrogens (tertiary/aromatic N) is 2. The molecule has 0 bridgehead atoms. The van der Waals surface area contributed by atoms with Gasteiger partial charge < -0.3 is 14.2 Å². The fourth-order valence-corrected chi connectivity index (χ4v) is 4.40. The predicted octanol–water partition coefficient (Wildman–Crippen LogP) is 1.69. The normalized spacial score (nSPS) is 28.8. The van der Waals surface area contributed by atoms with Gasteiger partial charge in [-0.05, 0) is 25.5 Å². The van der Waals surface area contributed by atoms with Gasteiger partial charge in [0.1, 0.15) is 11.8 Å². The van der Waals surface area contributed by atoms with Gasteiger partial charge in [0, 0.05) is 19.2 Å². The van der Waals surface area contributed by atoms with Crippen LogP contribution in [-0.4, -0.2) is 45.3 Å². The van der Waals surface area contributed by atoms with E-state index in [4.69, 9.17) is 4.42 Å². The molecule has 2 fully saturated rings. The fraction of sp³-hybridized carbons (Fsp3) is 0.571. The zero-order valence-electron chi connectivity index (χ0n) is 11.7. The van der Waals surface area contributed by atoms with Crippen molar-refractivity contribution in [3.63, 3.8) is 0 Å². The van der Waals surface area contributed by atoms with Crippen LogP contribution in [0.3, 0.4) is 0 Å². The molecule has 5 nitrogen and oxygen atoms in total. The van der Waals surface area contributed by atoms with E-state index in [9.17, 15) is 9.59 Å². The van der Waals surface area contributed by atoms with Crippen molar-refractivity contribution < 1.29 is 14.0 Å². The summed E-state index contributed by atoms with van der Waals surface area (Å²) in [5, 5.41) is 0. The standard InChI is InChI=1S/C14H18N2O3S/c1-14-6-5-12(17)16(14)11(9-20-14)13(18)15(2)8-10-4-3-7-19-10/h3-4,7,11H,5-6,8-9H2,1-2H3. The summed E-state index contributed by atoms with van der Waals surface area (Å²) in [4.78, 5) is 27.9.